The summed E-state index contributed by atoms with van der Waals surface area (Å²) in [6, 6.07) is 14.1. The summed E-state index contributed by atoms with van der Waals surface area (Å²) in [6.45, 7) is 1.19. The van der Waals surface area contributed by atoms with Crippen molar-refractivity contribution in [3.05, 3.63) is 65.2 Å². The van der Waals surface area contributed by atoms with Crippen LogP contribution in [0.4, 0.5) is 0 Å². The van der Waals surface area contributed by atoms with Crippen molar-refractivity contribution in [1.29, 1.82) is 0 Å². The summed E-state index contributed by atoms with van der Waals surface area (Å²) in [4.78, 5) is 24.4. The molecule has 0 radical (unpaired) electrons. The van der Waals surface area contributed by atoms with E-state index in [1.54, 1.807) is 38.5 Å². The molecule has 2 N–H and O–H groups in total. The molecule has 0 bridgehead atoms. The molecule has 2 aromatic rings. The number of hydrogen-bond donors (Lipinski definition) is 2. The number of carbonyl (C=O) groups excluding carboxylic acids is 2. The van der Waals surface area contributed by atoms with Gasteiger partial charge in [0.05, 0.1) is 13.7 Å². The highest BCUT2D eigenvalue weighted by molar-refractivity contribution is 5.99. The fraction of sp³-hybridized carbons (Fsp3) is 0.263. The third-order valence-corrected chi connectivity index (χ3v) is 3.61. The van der Waals surface area contributed by atoms with Crippen molar-refractivity contribution in [2.24, 2.45) is 0 Å². The van der Waals surface area contributed by atoms with Crippen LogP contribution in [0.2, 0.25) is 0 Å². The Balaban J connectivity index is 2.00. The van der Waals surface area contributed by atoms with Crippen LogP contribution in [0.3, 0.4) is 0 Å². The minimum Gasteiger partial charge on any atom is -0.496 e. The molecule has 0 fully saturated rings. The lowest BCUT2D eigenvalue weighted by Crippen LogP contribution is -2.28. The maximum absolute atomic E-state index is 12.3. The Labute approximate surface area is 147 Å². The van der Waals surface area contributed by atoms with Crippen molar-refractivity contribution < 1.29 is 19.1 Å². The first-order valence-corrected chi connectivity index (χ1v) is 7.93. The summed E-state index contributed by atoms with van der Waals surface area (Å²) in [5.74, 6) is 0.225. The van der Waals surface area contributed by atoms with Crippen molar-refractivity contribution in [2.75, 3.05) is 27.4 Å². The first-order valence-electron chi connectivity index (χ1n) is 7.93. The fourth-order valence-corrected chi connectivity index (χ4v) is 2.30. The van der Waals surface area contributed by atoms with Crippen LogP contribution in [-0.2, 0) is 11.3 Å². The quantitative estimate of drug-likeness (QED) is 0.720. The van der Waals surface area contributed by atoms with Crippen LogP contribution in [0, 0.1) is 0 Å². The minimum atomic E-state index is -0.252. The van der Waals surface area contributed by atoms with Gasteiger partial charge in [-0.1, -0.05) is 24.3 Å². The Kier molecular flexibility index (Phi) is 6.98. The molecule has 0 saturated carbocycles. The number of nitrogens with one attached hydrogen (secondary N) is 2. The summed E-state index contributed by atoms with van der Waals surface area (Å²) >= 11 is 0. The Morgan fingerprint density at radius 2 is 1.60 bits per heavy atom. The van der Waals surface area contributed by atoms with Crippen LogP contribution in [0.5, 0.6) is 5.75 Å². The highest BCUT2D eigenvalue weighted by atomic mass is 16.5. The number of carbonyl (C=O) groups is 2. The van der Waals surface area contributed by atoms with Gasteiger partial charge in [-0.2, -0.15) is 0 Å². The van der Waals surface area contributed by atoms with Gasteiger partial charge in [0.25, 0.3) is 11.8 Å². The molecule has 2 aromatic carbocycles. The Bertz CT molecular complexity index is 731. The van der Waals surface area contributed by atoms with E-state index in [1.165, 1.54) is 0 Å². The van der Waals surface area contributed by atoms with E-state index in [9.17, 15) is 9.59 Å². The zero-order valence-corrected chi connectivity index (χ0v) is 14.4. The van der Waals surface area contributed by atoms with E-state index in [2.05, 4.69) is 10.6 Å². The Hall–Kier alpha value is -2.86. The van der Waals surface area contributed by atoms with Crippen molar-refractivity contribution in [2.45, 2.75) is 6.54 Å². The summed E-state index contributed by atoms with van der Waals surface area (Å²) in [5.41, 5.74) is 1.74. The monoisotopic (exact) mass is 342 g/mol. The average molecular weight is 342 g/mol. The molecule has 6 nitrogen and oxygen atoms in total. The van der Waals surface area contributed by atoms with E-state index >= 15 is 0 Å². The van der Waals surface area contributed by atoms with Gasteiger partial charge in [0.1, 0.15) is 5.75 Å². The molecule has 0 atom stereocenters. The zero-order valence-electron chi connectivity index (χ0n) is 14.4. The number of methoxy groups -OCH3 is 2. The predicted molar refractivity (Wildman–Crippen MR) is 94.8 cm³/mol. The van der Waals surface area contributed by atoms with E-state index in [-0.39, 0.29) is 11.8 Å². The molecule has 0 spiro atoms. The Morgan fingerprint density at radius 1 is 0.920 bits per heavy atom. The van der Waals surface area contributed by atoms with Crippen molar-refractivity contribution >= 4 is 11.8 Å². The zero-order chi connectivity index (χ0) is 18.1. The smallest absolute Gasteiger partial charge is 0.251 e. The minimum absolute atomic E-state index is 0.239. The summed E-state index contributed by atoms with van der Waals surface area (Å²) in [5, 5.41) is 5.56. The highest BCUT2D eigenvalue weighted by Crippen LogP contribution is 2.17. The topological polar surface area (TPSA) is 76.7 Å². The van der Waals surface area contributed by atoms with Gasteiger partial charge in [-0.3, -0.25) is 9.59 Å². The van der Waals surface area contributed by atoms with Crippen LogP contribution >= 0.6 is 0 Å². The molecule has 2 rings (SSSR count). The van der Waals surface area contributed by atoms with E-state index in [0.29, 0.717) is 36.6 Å². The predicted octanol–water partition coefficient (Wildman–Crippen LogP) is 2.00. The SMILES string of the molecule is COCCNC(=O)c1cccc(C(=O)NCc2ccccc2OC)c1. The van der Waals surface area contributed by atoms with Gasteiger partial charge in [-0.25, -0.2) is 0 Å². The molecule has 0 heterocycles. The first-order chi connectivity index (χ1) is 12.2. The number of benzene rings is 2. The lowest BCUT2D eigenvalue weighted by Gasteiger charge is -2.10. The lowest BCUT2D eigenvalue weighted by atomic mass is 10.1. The molecule has 0 aliphatic rings. The van der Waals surface area contributed by atoms with Crippen LogP contribution in [-0.4, -0.2) is 39.2 Å². The molecule has 0 aliphatic carbocycles. The van der Waals surface area contributed by atoms with Gasteiger partial charge in [-0.15, -0.1) is 0 Å². The van der Waals surface area contributed by atoms with Gasteiger partial charge < -0.3 is 20.1 Å². The molecular weight excluding hydrogens is 320 g/mol. The molecule has 2 amide bonds. The normalized spacial score (nSPS) is 10.2. The number of ether oxygens (including phenoxy) is 2. The number of hydrogen-bond acceptors (Lipinski definition) is 4. The summed E-state index contributed by atoms with van der Waals surface area (Å²) < 4.78 is 10.2. The lowest BCUT2D eigenvalue weighted by molar-refractivity contribution is 0.0937. The summed E-state index contributed by atoms with van der Waals surface area (Å²) in [7, 11) is 3.16. The van der Waals surface area contributed by atoms with Crippen molar-refractivity contribution in [3.8, 4) is 5.75 Å². The van der Waals surface area contributed by atoms with E-state index in [4.69, 9.17) is 9.47 Å². The first kappa shape index (κ1) is 18.5. The van der Waals surface area contributed by atoms with E-state index in [1.807, 2.05) is 24.3 Å². The standard InChI is InChI=1S/C19H22N2O4/c1-24-11-10-20-18(22)14-7-5-8-15(12-14)19(23)21-13-16-6-3-4-9-17(16)25-2/h3-9,12H,10-11,13H2,1-2H3,(H,20,22)(H,21,23). The average Bonchev–Trinajstić information content (AvgIpc) is 2.66. The maximum atomic E-state index is 12.3. The second kappa shape index (κ2) is 9.44. The van der Waals surface area contributed by atoms with Crippen LogP contribution in [0.1, 0.15) is 26.3 Å². The Morgan fingerprint density at radius 3 is 2.28 bits per heavy atom. The van der Waals surface area contributed by atoms with Gasteiger partial charge >= 0.3 is 0 Å². The van der Waals surface area contributed by atoms with Gasteiger partial charge in [0.15, 0.2) is 0 Å². The molecule has 6 heteroatoms. The third-order valence-electron chi connectivity index (χ3n) is 3.61. The van der Waals surface area contributed by atoms with E-state index < -0.39 is 0 Å². The molecule has 0 aromatic heterocycles. The molecule has 25 heavy (non-hydrogen) atoms. The molecule has 0 saturated heterocycles. The molecular formula is C19H22N2O4. The number of rotatable bonds is 8. The molecule has 132 valence electrons. The van der Waals surface area contributed by atoms with E-state index in [0.717, 1.165) is 5.56 Å². The number of amides is 2. The second-order valence-electron chi connectivity index (χ2n) is 5.32. The van der Waals surface area contributed by atoms with Gasteiger partial charge in [0, 0.05) is 36.9 Å². The van der Waals surface area contributed by atoms with Gasteiger partial charge in [0.2, 0.25) is 0 Å². The second-order valence-corrected chi connectivity index (χ2v) is 5.32. The van der Waals surface area contributed by atoms with Crippen molar-refractivity contribution in [3.63, 3.8) is 0 Å². The molecule has 0 unspecified atom stereocenters. The highest BCUT2D eigenvalue weighted by Gasteiger charge is 2.11. The van der Waals surface area contributed by atoms with Crippen LogP contribution < -0.4 is 15.4 Å². The van der Waals surface area contributed by atoms with Crippen LogP contribution in [0.15, 0.2) is 48.5 Å². The summed E-state index contributed by atoms with van der Waals surface area (Å²) in [6.07, 6.45) is 0. The third kappa shape index (κ3) is 5.32. The van der Waals surface area contributed by atoms with Gasteiger partial charge in [-0.05, 0) is 24.3 Å². The fourth-order valence-electron chi connectivity index (χ4n) is 2.30. The molecule has 0 aliphatic heterocycles. The maximum Gasteiger partial charge on any atom is 0.251 e. The van der Waals surface area contributed by atoms with Crippen molar-refractivity contribution in [1.82, 2.24) is 10.6 Å². The van der Waals surface area contributed by atoms with Crippen LogP contribution in [0.25, 0.3) is 0 Å². The number of para-hydroxylation sites is 1. The largest absolute Gasteiger partial charge is 0.496 e.